The Bertz CT molecular complexity index is 1630. The fourth-order valence-electron chi connectivity index (χ4n) is 8.26. The molecule has 11 nitrogen and oxygen atoms in total. The summed E-state index contributed by atoms with van der Waals surface area (Å²) in [6.07, 6.45) is 2.12. The molecule has 1 aromatic carbocycles. The van der Waals surface area contributed by atoms with Gasteiger partial charge in [0.25, 0.3) is 0 Å². The predicted octanol–water partition coefficient (Wildman–Crippen LogP) is 2.44. The van der Waals surface area contributed by atoms with Crippen LogP contribution in [0.15, 0.2) is 30.3 Å². The zero-order valence-corrected chi connectivity index (χ0v) is 28.0. The summed E-state index contributed by atoms with van der Waals surface area (Å²) in [6.45, 7) is 16.3. The van der Waals surface area contributed by atoms with Crippen LogP contribution in [0.25, 0.3) is 5.65 Å². The molecular weight excluding hydrogens is 599 g/mol. The molecule has 5 atom stereocenters. The third-order valence-electron chi connectivity index (χ3n) is 10.8. The van der Waals surface area contributed by atoms with Gasteiger partial charge in [0, 0.05) is 87.8 Å². The molecule has 252 valence electrons. The number of piperidine rings is 1. The van der Waals surface area contributed by atoms with Gasteiger partial charge in [-0.05, 0) is 37.6 Å². The number of halogens is 1. The van der Waals surface area contributed by atoms with Crippen LogP contribution in [0.1, 0.15) is 50.9 Å². The fourth-order valence-corrected chi connectivity index (χ4v) is 8.26. The van der Waals surface area contributed by atoms with E-state index in [0.29, 0.717) is 37.5 Å². The molecule has 47 heavy (non-hydrogen) atoms. The van der Waals surface area contributed by atoms with Gasteiger partial charge in [0.15, 0.2) is 5.65 Å². The minimum atomic E-state index is -0.338. The highest BCUT2D eigenvalue weighted by molar-refractivity contribution is 5.98. The Kier molecular flexibility index (Phi) is 7.99. The van der Waals surface area contributed by atoms with E-state index in [1.807, 2.05) is 21.5 Å². The van der Waals surface area contributed by atoms with Gasteiger partial charge in [-0.2, -0.15) is 4.98 Å². The first-order valence-electron chi connectivity index (χ1n) is 17.3. The normalized spacial score (nSPS) is 29.3. The van der Waals surface area contributed by atoms with E-state index in [1.165, 1.54) is 12.1 Å². The van der Waals surface area contributed by atoms with Crippen molar-refractivity contribution < 1.29 is 18.7 Å². The van der Waals surface area contributed by atoms with Gasteiger partial charge in [-0.1, -0.05) is 26.0 Å². The Morgan fingerprint density at radius 2 is 1.87 bits per heavy atom. The van der Waals surface area contributed by atoms with Crippen LogP contribution in [0.5, 0.6) is 0 Å². The molecule has 2 aromatic heterocycles. The molecule has 6 aliphatic heterocycles. The zero-order chi connectivity index (χ0) is 32.4. The van der Waals surface area contributed by atoms with Gasteiger partial charge in [0.2, 0.25) is 11.9 Å². The highest BCUT2D eigenvalue weighted by Crippen LogP contribution is 2.43. The summed E-state index contributed by atoms with van der Waals surface area (Å²) >= 11 is 0. The van der Waals surface area contributed by atoms with Crippen molar-refractivity contribution in [2.45, 2.75) is 76.3 Å². The molecule has 6 aliphatic rings. The van der Waals surface area contributed by atoms with Crippen molar-refractivity contribution in [3.05, 3.63) is 53.0 Å². The Balaban J connectivity index is 1.13. The van der Waals surface area contributed by atoms with Gasteiger partial charge >= 0.3 is 0 Å². The molecule has 0 aliphatic carbocycles. The Labute approximate surface area is 276 Å². The molecular formula is C35H47FN8O3. The first-order valence-corrected chi connectivity index (χ1v) is 17.3. The number of hydrogen-bond donors (Lipinski definition) is 1. The second-order valence-electron chi connectivity index (χ2n) is 15.0. The van der Waals surface area contributed by atoms with Crippen LogP contribution in [0.2, 0.25) is 0 Å². The van der Waals surface area contributed by atoms with E-state index in [1.54, 1.807) is 0 Å². The van der Waals surface area contributed by atoms with Crippen molar-refractivity contribution in [2.75, 3.05) is 75.4 Å². The van der Waals surface area contributed by atoms with Crippen LogP contribution in [0.3, 0.4) is 0 Å². The van der Waals surface area contributed by atoms with Crippen LogP contribution in [0.4, 0.5) is 16.0 Å². The van der Waals surface area contributed by atoms with E-state index in [4.69, 9.17) is 19.6 Å². The van der Waals surface area contributed by atoms with Gasteiger partial charge in [0.05, 0.1) is 43.3 Å². The van der Waals surface area contributed by atoms with Crippen LogP contribution >= 0.6 is 0 Å². The number of nitrogens with zero attached hydrogens (tertiary/aromatic N) is 7. The third-order valence-corrected chi connectivity index (χ3v) is 10.8. The number of morpholine rings is 2. The number of hydrogen-bond acceptors (Lipinski definition) is 9. The Morgan fingerprint density at radius 3 is 2.62 bits per heavy atom. The molecule has 0 saturated carbocycles. The summed E-state index contributed by atoms with van der Waals surface area (Å²) in [5.41, 5.74) is 4.31. The number of benzene rings is 1. The van der Waals surface area contributed by atoms with Gasteiger partial charge in [-0.15, -0.1) is 5.10 Å². The fraction of sp³-hybridized carbons (Fsp3) is 0.629. The van der Waals surface area contributed by atoms with Crippen LogP contribution in [-0.2, 0) is 26.1 Å². The number of anilines is 2. The number of piperazine rings is 1. The summed E-state index contributed by atoms with van der Waals surface area (Å²) in [5, 5.41) is 8.77. The summed E-state index contributed by atoms with van der Waals surface area (Å²) in [6, 6.07) is 9.69. The van der Waals surface area contributed by atoms with Crippen molar-refractivity contribution in [3.63, 3.8) is 0 Å². The molecule has 1 amide bonds. The van der Waals surface area contributed by atoms with Gasteiger partial charge in [-0.25, -0.2) is 8.91 Å². The van der Waals surface area contributed by atoms with Crippen molar-refractivity contribution in [3.8, 4) is 0 Å². The third kappa shape index (κ3) is 5.92. The second-order valence-corrected chi connectivity index (χ2v) is 15.0. The van der Waals surface area contributed by atoms with E-state index in [0.717, 1.165) is 87.1 Å². The standard InChI is InChI=1S/C35H47FN8O3/c1-22-15-41(27(14-37-22)16-40-9-10-46-20-23(40)2)19-31(45)43-21-35(3,4)32-30(43)12-25(11-24-5-7-26(36)8-6-24)33-38-34(39-44(32)33)42-17-28-13-29(18-42)47-28/h5-8,12,22-23,27-29,37H,9-11,13-21H2,1-4H3/t22-,23-,27-,28?,29?/m1/s1. The molecule has 3 aromatic rings. The number of ether oxygens (including phenoxy) is 2. The average Bonchev–Trinajstić information content (AvgIpc) is 3.59. The number of amides is 1. The Morgan fingerprint density at radius 1 is 1.11 bits per heavy atom. The number of fused-ring (bicyclic) bond motifs is 5. The minimum Gasteiger partial charge on any atom is -0.379 e. The molecule has 9 rings (SSSR count). The maximum absolute atomic E-state index is 14.4. The van der Waals surface area contributed by atoms with E-state index in [-0.39, 0.29) is 35.4 Å². The number of nitrogens with one attached hydrogen (secondary N) is 1. The SMILES string of the molecule is C[C@@H]1CN(CC(=O)N2CC(C)(C)c3c2cc(Cc2ccc(F)cc2)c2nc(N4CC5CC(C4)O5)nn32)[C@@H](CN2CCOC[C@H]2C)CN1. The van der Waals surface area contributed by atoms with Crippen molar-refractivity contribution >= 4 is 23.2 Å². The first kappa shape index (κ1) is 31.1. The maximum atomic E-state index is 14.4. The molecule has 5 saturated heterocycles. The second kappa shape index (κ2) is 12.1. The summed E-state index contributed by atoms with van der Waals surface area (Å²) in [7, 11) is 0. The molecule has 2 bridgehead atoms. The lowest BCUT2D eigenvalue weighted by Crippen LogP contribution is -2.62. The number of carbonyl (C=O) groups is 1. The lowest BCUT2D eigenvalue weighted by atomic mass is 9.90. The van der Waals surface area contributed by atoms with Gasteiger partial charge < -0.3 is 24.6 Å². The van der Waals surface area contributed by atoms with E-state index in [2.05, 4.69) is 53.8 Å². The molecule has 1 N–H and O–H groups in total. The van der Waals surface area contributed by atoms with Crippen LogP contribution < -0.4 is 15.1 Å². The molecule has 2 unspecified atom stereocenters. The van der Waals surface area contributed by atoms with Crippen LogP contribution in [-0.4, -0.2) is 126 Å². The summed E-state index contributed by atoms with van der Waals surface area (Å²) < 4.78 is 27.4. The lowest BCUT2D eigenvalue weighted by molar-refractivity contribution is -0.133. The van der Waals surface area contributed by atoms with Gasteiger partial charge in [0.1, 0.15) is 5.82 Å². The maximum Gasteiger partial charge on any atom is 0.245 e. The minimum absolute atomic E-state index is 0.103. The largest absolute Gasteiger partial charge is 0.379 e. The average molecular weight is 647 g/mol. The monoisotopic (exact) mass is 646 g/mol. The molecule has 12 heteroatoms. The molecule has 0 radical (unpaired) electrons. The summed E-state index contributed by atoms with van der Waals surface area (Å²) in [4.78, 5) is 28.6. The topological polar surface area (TPSA) is 90.7 Å². The molecule has 5 fully saturated rings. The van der Waals surface area contributed by atoms with Crippen LogP contribution in [0, 0.1) is 5.82 Å². The van der Waals surface area contributed by atoms with E-state index < -0.39 is 0 Å². The quantitative estimate of drug-likeness (QED) is 0.416. The molecule has 0 spiro atoms. The zero-order valence-electron chi connectivity index (χ0n) is 28.0. The number of carbonyl (C=O) groups excluding carboxylic acids is 1. The molecule has 8 heterocycles. The highest BCUT2D eigenvalue weighted by Gasteiger charge is 2.44. The number of pyridine rings is 1. The van der Waals surface area contributed by atoms with E-state index >= 15 is 0 Å². The van der Waals surface area contributed by atoms with Crippen molar-refractivity contribution in [1.82, 2.24) is 29.7 Å². The first-order chi connectivity index (χ1) is 22.6. The highest BCUT2D eigenvalue weighted by atomic mass is 19.1. The number of rotatable bonds is 7. The van der Waals surface area contributed by atoms with Crippen molar-refractivity contribution in [2.24, 2.45) is 0 Å². The van der Waals surface area contributed by atoms with Gasteiger partial charge in [-0.3, -0.25) is 14.6 Å². The predicted molar refractivity (Wildman–Crippen MR) is 178 cm³/mol. The smallest absolute Gasteiger partial charge is 0.245 e. The van der Waals surface area contributed by atoms with E-state index in [9.17, 15) is 9.18 Å². The number of aromatic nitrogens is 3. The summed E-state index contributed by atoms with van der Waals surface area (Å²) in [5.74, 6) is 0.546. The Hall–Kier alpha value is -3.16. The van der Waals surface area contributed by atoms with Crippen molar-refractivity contribution in [1.29, 1.82) is 0 Å². The lowest BCUT2D eigenvalue weighted by Gasteiger charge is -2.46.